The molecule has 2 aromatic rings. The molecule has 24 heavy (non-hydrogen) atoms. The molecular formula is C19H21N3O2. The third-order valence-corrected chi connectivity index (χ3v) is 3.67. The normalized spacial score (nSPS) is 12.7. The van der Waals surface area contributed by atoms with Crippen LogP contribution in [0.2, 0.25) is 0 Å². The van der Waals surface area contributed by atoms with Crippen molar-refractivity contribution in [1.82, 2.24) is 0 Å². The lowest BCUT2D eigenvalue weighted by molar-refractivity contribution is 0.147. The molecule has 2 atom stereocenters. The first kappa shape index (κ1) is 17.6. The highest BCUT2D eigenvalue weighted by Crippen LogP contribution is 2.18. The van der Waals surface area contributed by atoms with Gasteiger partial charge in [-0.05, 0) is 41.6 Å². The van der Waals surface area contributed by atoms with Crippen LogP contribution in [0, 0.1) is 0 Å². The van der Waals surface area contributed by atoms with Crippen LogP contribution in [-0.2, 0) is 13.0 Å². The van der Waals surface area contributed by atoms with E-state index in [1.54, 1.807) is 6.08 Å². The zero-order valence-electron chi connectivity index (χ0n) is 13.5. The van der Waals surface area contributed by atoms with E-state index in [-0.39, 0.29) is 0 Å². The summed E-state index contributed by atoms with van der Waals surface area (Å²) in [5.41, 5.74) is 10.7. The number of benzene rings is 2. The van der Waals surface area contributed by atoms with Crippen molar-refractivity contribution in [2.45, 2.75) is 31.6 Å². The van der Waals surface area contributed by atoms with Crippen molar-refractivity contribution in [3.63, 3.8) is 0 Å². The summed E-state index contributed by atoms with van der Waals surface area (Å²) in [5, 5.41) is 13.7. The Hall–Kier alpha value is -2.75. The standard InChI is InChI=1S/C19H21N3O2/c1-2-6-19(23)18(21-22-20)13-15-9-11-17(12-10-15)24-14-16-7-4-3-5-8-16/h2-5,7-12,18-19,23H,1,6,13-14H2/t18-,19-/m0/s1. The number of hydrogen-bond acceptors (Lipinski definition) is 3. The van der Waals surface area contributed by atoms with Gasteiger partial charge in [-0.2, -0.15) is 0 Å². The molecule has 0 aliphatic rings. The van der Waals surface area contributed by atoms with Crippen LogP contribution < -0.4 is 4.74 Å². The highest BCUT2D eigenvalue weighted by Gasteiger charge is 2.17. The second-order valence-electron chi connectivity index (χ2n) is 5.49. The third kappa shape index (κ3) is 5.47. The van der Waals surface area contributed by atoms with Gasteiger partial charge in [0.15, 0.2) is 0 Å². The Morgan fingerprint density at radius 1 is 1.12 bits per heavy atom. The Morgan fingerprint density at radius 3 is 2.46 bits per heavy atom. The van der Waals surface area contributed by atoms with E-state index in [0.717, 1.165) is 16.9 Å². The van der Waals surface area contributed by atoms with Crippen LogP contribution in [-0.4, -0.2) is 17.3 Å². The van der Waals surface area contributed by atoms with Crippen LogP contribution in [0.1, 0.15) is 17.5 Å². The van der Waals surface area contributed by atoms with E-state index >= 15 is 0 Å². The van der Waals surface area contributed by atoms with Crippen LogP contribution in [0.15, 0.2) is 72.4 Å². The summed E-state index contributed by atoms with van der Waals surface area (Å²) in [7, 11) is 0. The fraction of sp³-hybridized carbons (Fsp3) is 0.263. The highest BCUT2D eigenvalue weighted by molar-refractivity contribution is 5.28. The predicted molar refractivity (Wildman–Crippen MR) is 94.7 cm³/mol. The van der Waals surface area contributed by atoms with E-state index in [1.807, 2.05) is 54.6 Å². The van der Waals surface area contributed by atoms with Gasteiger partial charge in [0.2, 0.25) is 0 Å². The molecule has 0 aliphatic carbocycles. The van der Waals surface area contributed by atoms with E-state index in [2.05, 4.69) is 16.6 Å². The average molecular weight is 323 g/mol. The fourth-order valence-electron chi connectivity index (χ4n) is 2.35. The average Bonchev–Trinajstić information content (AvgIpc) is 2.62. The van der Waals surface area contributed by atoms with Crippen molar-refractivity contribution < 1.29 is 9.84 Å². The molecule has 0 unspecified atom stereocenters. The van der Waals surface area contributed by atoms with E-state index in [1.165, 1.54) is 0 Å². The van der Waals surface area contributed by atoms with E-state index in [0.29, 0.717) is 19.4 Å². The molecule has 0 fully saturated rings. The number of aliphatic hydroxyl groups is 1. The molecule has 2 aromatic carbocycles. The molecule has 0 bridgehead atoms. The van der Waals surface area contributed by atoms with Crippen molar-refractivity contribution in [3.8, 4) is 5.75 Å². The largest absolute Gasteiger partial charge is 0.489 e. The Morgan fingerprint density at radius 2 is 1.83 bits per heavy atom. The maximum atomic E-state index is 10.0. The minimum absolute atomic E-state index is 0.391. The molecule has 5 nitrogen and oxygen atoms in total. The Bertz CT molecular complexity index is 680. The topological polar surface area (TPSA) is 78.2 Å². The molecular weight excluding hydrogens is 302 g/mol. The molecule has 1 N–H and O–H groups in total. The molecule has 2 rings (SSSR count). The van der Waals surface area contributed by atoms with Gasteiger partial charge < -0.3 is 9.84 Å². The van der Waals surface area contributed by atoms with Crippen molar-refractivity contribution in [2.24, 2.45) is 5.11 Å². The molecule has 0 spiro atoms. The number of rotatable bonds is 9. The summed E-state index contributed by atoms with van der Waals surface area (Å²) in [5.74, 6) is 0.773. The molecule has 0 saturated carbocycles. The fourth-order valence-corrected chi connectivity index (χ4v) is 2.35. The summed E-state index contributed by atoms with van der Waals surface area (Å²) < 4.78 is 5.74. The number of ether oxygens (including phenoxy) is 1. The molecule has 0 heterocycles. The van der Waals surface area contributed by atoms with E-state index in [4.69, 9.17) is 10.3 Å². The first-order valence-corrected chi connectivity index (χ1v) is 7.81. The maximum absolute atomic E-state index is 10.0. The smallest absolute Gasteiger partial charge is 0.119 e. The Balaban J connectivity index is 1.95. The van der Waals surface area contributed by atoms with Gasteiger partial charge in [-0.15, -0.1) is 6.58 Å². The molecule has 0 saturated heterocycles. The van der Waals surface area contributed by atoms with Crippen LogP contribution in [0.3, 0.4) is 0 Å². The zero-order valence-corrected chi connectivity index (χ0v) is 13.5. The first-order chi connectivity index (χ1) is 11.7. The van der Waals surface area contributed by atoms with Crippen LogP contribution in [0.5, 0.6) is 5.75 Å². The van der Waals surface area contributed by atoms with Crippen LogP contribution >= 0.6 is 0 Å². The maximum Gasteiger partial charge on any atom is 0.119 e. The van der Waals surface area contributed by atoms with Crippen LogP contribution in [0.4, 0.5) is 0 Å². The van der Waals surface area contributed by atoms with Gasteiger partial charge in [0.05, 0.1) is 12.1 Å². The summed E-state index contributed by atoms with van der Waals surface area (Å²) in [6.45, 7) is 4.11. The lowest BCUT2D eigenvalue weighted by atomic mass is 10.00. The van der Waals surface area contributed by atoms with E-state index < -0.39 is 12.1 Å². The molecule has 5 heteroatoms. The lowest BCUT2D eigenvalue weighted by Crippen LogP contribution is -2.25. The Labute approximate surface area is 141 Å². The minimum atomic E-state index is -0.729. The summed E-state index contributed by atoms with van der Waals surface area (Å²) in [6, 6.07) is 17.0. The second kappa shape index (κ2) is 9.40. The van der Waals surface area contributed by atoms with Crippen molar-refractivity contribution in [1.29, 1.82) is 0 Å². The SMILES string of the molecule is C=CC[C@H](O)[C@H](Cc1ccc(OCc2ccccc2)cc1)N=[N+]=[N-]. The lowest BCUT2D eigenvalue weighted by Gasteiger charge is -2.17. The number of nitrogens with zero attached hydrogens (tertiary/aromatic N) is 3. The van der Waals surface area contributed by atoms with Gasteiger partial charge >= 0.3 is 0 Å². The van der Waals surface area contributed by atoms with Crippen LogP contribution in [0.25, 0.3) is 10.4 Å². The van der Waals surface area contributed by atoms with Gasteiger partial charge in [0.1, 0.15) is 12.4 Å². The number of hydrogen-bond donors (Lipinski definition) is 1. The second-order valence-corrected chi connectivity index (χ2v) is 5.49. The van der Waals surface area contributed by atoms with Gasteiger partial charge in [-0.3, -0.25) is 0 Å². The van der Waals surface area contributed by atoms with E-state index in [9.17, 15) is 5.11 Å². The zero-order chi connectivity index (χ0) is 17.2. The first-order valence-electron chi connectivity index (χ1n) is 7.81. The number of azide groups is 1. The van der Waals surface area contributed by atoms with Gasteiger partial charge in [0, 0.05) is 4.91 Å². The predicted octanol–water partition coefficient (Wildman–Crippen LogP) is 4.42. The molecule has 0 radical (unpaired) electrons. The summed E-state index contributed by atoms with van der Waals surface area (Å²) >= 11 is 0. The Kier molecular flexibility index (Phi) is 6.90. The van der Waals surface area contributed by atoms with Crippen molar-refractivity contribution in [3.05, 3.63) is 88.8 Å². The third-order valence-electron chi connectivity index (χ3n) is 3.67. The molecule has 124 valence electrons. The van der Waals surface area contributed by atoms with Gasteiger partial charge in [0.25, 0.3) is 0 Å². The monoisotopic (exact) mass is 323 g/mol. The van der Waals surface area contributed by atoms with Gasteiger partial charge in [-0.25, -0.2) is 0 Å². The minimum Gasteiger partial charge on any atom is -0.489 e. The quantitative estimate of drug-likeness (QED) is 0.321. The number of aliphatic hydroxyl groups excluding tert-OH is 1. The highest BCUT2D eigenvalue weighted by atomic mass is 16.5. The summed E-state index contributed by atoms with van der Waals surface area (Å²) in [4.78, 5) is 2.82. The van der Waals surface area contributed by atoms with Crippen molar-refractivity contribution >= 4 is 0 Å². The summed E-state index contributed by atoms with van der Waals surface area (Å²) in [6.07, 6.45) is 1.75. The molecule has 0 aliphatic heterocycles. The van der Waals surface area contributed by atoms with Crippen molar-refractivity contribution in [2.75, 3.05) is 0 Å². The molecule has 0 aromatic heterocycles. The van der Waals surface area contributed by atoms with Gasteiger partial charge in [-0.1, -0.05) is 53.7 Å². The molecule has 0 amide bonds.